The average Bonchev–Trinajstić information content (AvgIpc) is 2.41. The smallest absolute Gasteiger partial charge is 0.522 e. The molecule has 17 heavy (non-hydrogen) atoms. The molecule has 0 aliphatic heterocycles. The average molecular weight is 239 g/mol. The maximum absolute atomic E-state index is 4.89. The maximum atomic E-state index is 4.89. The largest absolute Gasteiger partial charge is 2.00 e. The monoisotopic (exact) mass is 238 g/mol. The van der Waals surface area contributed by atoms with Crippen molar-refractivity contribution < 1.29 is 9.47 Å². The molecule has 0 atom stereocenters. The Kier molecular flexibility index (Phi) is 9.29. The molecule has 2 aromatic rings. The van der Waals surface area contributed by atoms with Crippen molar-refractivity contribution >= 4 is 23.1 Å². The summed E-state index contributed by atoms with van der Waals surface area (Å²) in [6.07, 6.45) is 0. The van der Waals surface area contributed by atoms with E-state index in [1.165, 1.54) is 0 Å². The van der Waals surface area contributed by atoms with Crippen LogP contribution in [0, 0.1) is 12.1 Å². The summed E-state index contributed by atoms with van der Waals surface area (Å²) in [5.41, 5.74) is 0. The predicted octanol–water partition coefficient (Wildman–Crippen LogP) is 2.61. The second-order valence-corrected chi connectivity index (χ2v) is 2.88. The fourth-order valence-electron chi connectivity index (χ4n) is 1.02. The van der Waals surface area contributed by atoms with Gasteiger partial charge in [0.15, 0.2) is 0 Å². The van der Waals surface area contributed by atoms with Crippen LogP contribution in [-0.2, 0) is 0 Å². The number of methoxy groups -OCH3 is 2. The molecule has 0 aromatic heterocycles. The number of hydrogen-bond donors (Lipinski definition) is 0. The van der Waals surface area contributed by atoms with Gasteiger partial charge in [-0.3, -0.25) is 0 Å². The van der Waals surface area contributed by atoms with Crippen LogP contribution in [0.1, 0.15) is 0 Å². The molecule has 0 fully saturated rings. The van der Waals surface area contributed by atoms with Gasteiger partial charge in [-0.2, -0.15) is 36.4 Å². The number of ether oxygens (including phenoxy) is 2. The van der Waals surface area contributed by atoms with Crippen molar-refractivity contribution in [3.05, 3.63) is 60.7 Å². The predicted molar refractivity (Wildman–Crippen MR) is 69.4 cm³/mol. The standard InChI is InChI=1S/2C7H7O.Mg/c2*1-8-7-5-3-2-4-6-7;/h2*3-6H,1H3;/q2*-1;+2. The van der Waals surface area contributed by atoms with Crippen molar-refractivity contribution in [2.75, 3.05) is 14.2 Å². The molecule has 2 rings (SSSR count). The first-order valence-corrected chi connectivity index (χ1v) is 4.87. The molecule has 0 amide bonds. The molecule has 0 aliphatic rings. The van der Waals surface area contributed by atoms with Crippen molar-refractivity contribution in [1.82, 2.24) is 0 Å². The van der Waals surface area contributed by atoms with Crippen molar-refractivity contribution in [1.29, 1.82) is 0 Å². The fourth-order valence-corrected chi connectivity index (χ4v) is 1.02. The molecule has 84 valence electrons. The van der Waals surface area contributed by atoms with E-state index in [2.05, 4.69) is 12.1 Å². The van der Waals surface area contributed by atoms with Gasteiger partial charge in [-0.15, -0.1) is 24.3 Å². The third-order valence-electron chi connectivity index (χ3n) is 1.85. The molecule has 2 nitrogen and oxygen atoms in total. The first-order chi connectivity index (χ1) is 7.86. The van der Waals surface area contributed by atoms with Crippen LogP contribution in [-0.4, -0.2) is 37.3 Å². The third kappa shape index (κ3) is 6.87. The van der Waals surface area contributed by atoms with Gasteiger partial charge in [0.05, 0.1) is 14.2 Å². The Morgan fingerprint density at radius 3 is 1.18 bits per heavy atom. The van der Waals surface area contributed by atoms with Gasteiger partial charge in [-0.1, -0.05) is 0 Å². The molecule has 2 aromatic carbocycles. The second-order valence-electron chi connectivity index (χ2n) is 2.88. The number of rotatable bonds is 2. The third-order valence-corrected chi connectivity index (χ3v) is 1.85. The van der Waals surface area contributed by atoms with Gasteiger partial charge in [0.2, 0.25) is 0 Å². The van der Waals surface area contributed by atoms with E-state index in [0.29, 0.717) is 0 Å². The Bertz CT molecular complexity index is 336. The summed E-state index contributed by atoms with van der Waals surface area (Å²) in [6, 6.07) is 20.5. The molecule has 0 heterocycles. The molecule has 0 N–H and O–H groups in total. The molecule has 0 unspecified atom stereocenters. The summed E-state index contributed by atoms with van der Waals surface area (Å²) >= 11 is 0. The number of hydrogen-bond acceptors (Lipinski definition) is 2. The fraction of sp³-hybridized carbons (Fsp3) is 0.143. The van der Waals surface area contributed by atoms with Crippen LogP contribution in [0.15, 0.2) is 48.5 Å². The SMILES string of the molecule is COc1cc[c-]cc1.COc1cc[c-]cc1.[Mg+2]. The van der Waals surface area contributed by atoms with E-state index in [4.69, 9.17) is 9.47 Å². The van der Waals surface area contributed by atoms with Crippen LogP contribution >= 0.6 is 0 Å². The van der Waals surface area contributed by atoms with Crippen LogP contribution < -0.4 is 9.47 Å². The van der Waals surface area contributed by atoms with Crippen molar-refractivity contribution in [3.63, 3.8) is 0 Å². The van der Waals surface area contributed by atoms with Crippen LogP contribution in [0.3, 0.4) is 0 Å². The summed E-state index contributed by atoms with van der Waals surface area (Å²) in [5.74, 6) is 1.76. The van der Waals surface area contributed by atoms with E-state index in [1.54, 1.807) is 14.2 Å². The van der Waals surface area contributed by atoms with E-state index < -0.39 is 0 Å². The molecule has 3 heteroatoms. The van der Waals surface area contributed by atoms with E-state index in [1.807, 2.05) is 48.5 Å². The Labute approximate surface area is 119 Å². The minimum Gasteiger partial charge on any atom is -0.522 e. The maximum Gasteiger partial charge on any atom is 2.00 e. The number of benzene rings is 2. The van der Waals surface area contributed by atoms with Crippen molar-refractivity contribution in [2.24, 2.45) is 0 Å². The summed E-state index contributed by atoms with van der Waals surface area (Å²) in [7, 11) is 3.30. The van der Waals surface area contributed by atoms with E-state index in [0.717, 1.165) is 11.5 Å². The summed E-state index contributed by atoms with van der Waals surface area (Å²) in [6.45, 7) is 0. The van der Waals surface area contributed by atoms with Gasteiger partial charge >= 0.3 is 23.1 Å². The van der Waals surface area contributed by atoms with E-state index in [-0.39, 0.29) is 23.1 Å². The van der Waals surface area contributed by atoms with Crippen LogP contribution in [0.25, 0.3) is 0 Å². The van der Waals surface area contributed by atoms with Gasteiger partial charge in [0.25, 0.3) is 0 Å². The quantitative estimate of drug-likeness (QED) is 0.591. The molecule has 0 radical (unpaired) electrons. The zero-order valence-corrected chi connectivity index (χ0v) is 11.6. The van der Waals surface area contributed by atoms with Crippen molar-refractivity contribution in [3.8, 4) is 11.5 Å². The Balaban J connectivity index is 0.000000284. The van der Waals surface area contributed by atoms with Crippen LogP contribution in [0.5, 0.6) is 11.5 Å². The summed E-state index contributed by atoms with van der Waals surface area (Å²) in [4.78, 5) is 0. The zero-order valence-electron chi connectivity index (χ0n) is 10.1. The van der Waals surface area contributed by atoms with Crippen LogP contribution in [0.4, 0.5) is 0 Å². The van der Waals surface area contributed by atoms with Crippen molar-refractivity contribution in [2.45, 2.75) is 0 Å². The molecule has 0 bridgehead atoms. The zero-order chi connectivity index (χ0) is 11.6. The first-order valence-electron chi connectivity index (χ1n) is 4.87. The molecular weight excluding hydrogens is 224 g/mol. The van der Waals surface area contributed by atoms with E-state index in [9.17, 15) is 0 Å². The Morgan fingerprint density at radius 1 is 0.706 bits per heavy atom. The second kappa shape index (κ2) is 9.99. The summed E-state index contributed by atoms with van der Waals surface area (Å²) in [5, 5.41) is 0. The molecule has 0 aliphatic carbocycles. The molecule has 0 spiro atoms. The van der Waals surface area contributed by atoms with Gasteiger partial charge in [-0.25, -0.2) is 0 Å². The minimum atomic E-state index is 0. The van der Waals surface area contributed by atoms with E-state index >= 15 is 0 Å². The first kappa shape index (κ1) is 15.8. The topological polar surface area (TPSA) is 18.5 Å². The molecular formula is C14H14MgO2. The van der Waals surface area contributed by atoms with Crippen LogP contribution in [0.2, 0.25) is 0 Å². The Hall–Kier alpha value is -1.19. The van der Waals surface area contributed by atoms with Gasteiger partial charge in [-0.05, 0) is 0 Å². The van der Waals surface area contributed by atoms with Gasteiger partial charge in [0.1, 0.15) is 0 Å². The summed E-state index contributed by atoms with van der Waals surface area (Å²) < 4.78 is 9.79. The normalized spacial score (nSPS) is 8.12. The van der Waals surface area contributed by atoms with Gasteiger partial charge in [0, 0.05) is 11.5 Å². The molecule has 0 saturated carbocycles. The Morgan fingerprint density at radius 2 is 1.00 bits per heavy atom. The minimum absolute atomic E-state index is 0. The molecule has 0 saturated heterocycles. The van der Waals surface area contributed by atoms with Gasteiger partial charge < -0.3 is 9.47 Å².